The maximum Gasteiger partial charge on any atom is 0.219 e. The van der Waals surface area contributed by atoms with Crippen LogP contribution in [0.2, 0.25) is 0 Å². The van der Waals surface area contributed by atoms with Crippen LogP contribution in [-0.2, 0) is 24.3 Å². The highest BCUT2D eigenvalue weighted by molar-refractivity contribution is 5.81. The molecule has 7 heteroatoms. The molecule has 1 aliphatic rings. The largest absolute Gasteiger partial charge is 0.383 e. The molecule has 0 fully saturated rings. The van der Waals surface area contributed by atoms with Gasteiger partial charge in [-0.15, -0.1) is 0 Å². The predicted molar refractivity (Wildman–Crippen MR) is 105 cm³/mol. The summed E-state index contributed by atoms with van der Waals surface area (Å²) in [5.41, 5.74) is 11.0. The van der Waals surface area contributed by atoms with Crippen molar-refractivity contribution in [3.05, 3.63) is 65.1 Å². The lowest BCUT2D eigenvalue weighted by atomic mass is 9.90. The third kappa shape index (κ3) is 3.21. The number of nitriles is 1. The highest BCUT2D eigenvalue weighted by atomic mass is 16.2. The van der Waals surface area contributed by atoms with Gasteiger partial charge in [-0.05, 0) is 17.2 Å². The van der Waals surface area contributed by atoms with Gasteiger partial charge in [-0.2, -0.15) is 10.4 Å². The zero-order chi connectivity index (χ0) is 19.7. The van der Waals surface area contributed by atoms with E-state index in [-0.39, 0.29) is 11.7 Å². The van der Waals surface area contributed by atoms with Crippen LogP contribution in [0.4, 0.5) is 5.82 Å². The Morgan fingerprint density at radius 1 is 1.32 bits per heavy atom. The first-order valence-corrected chi connectivity index (χ1v) is 9.10. The predicted octanol–water partition coefficient (Wildman–Crippen LogP) is 2.35. The number of benzene rings is 1. The lowest BCUT2D eigenvalue weighted by Crippen LogP contribution is -2.35. The molecule has 0 aliphatic carbocycles. The van der Waals surface area contributed by atoms with Crippen LogP contribution in [-0.4, -0.2) is 32.1 Å². The molecule has 0 unspecified atom stereocenters. The number of pyridine rings is 1. The summed E-state index contributed by atoms with van der Waals surface area (Å²) < 4.78 is 1.85. The summed E-state index contributed by atoms with van der Waals surface area (Å²) in [7, 11) is 0. The summed E-state index contributed by atoms with van der Waals surface area (Å²) in [6.07, 6.45) is 4.30. The van der Waals surface area contributed by atoms with Gasteiger partial charge in [-0.3, -0.25) is 9.48 Å². The molecule has 3 heterocycles. The summed E-state index contributed by atoms with van der Waals surface area (Å²) >= 11 is 0. The summed E-state index contributed by atoms with van der Waals surface area (Å²) in [6.45, 7) is 3.29. The van der Waals surface area contributed by atoms with E-state index in [0.29, 0.717) is 31.6 Å². The van der Waals surface area contributed by atoms with Gasteiger partial charge in [0.25, 0.3) is 0 Å². The van der Waals surface area contributed by atoms with Crippen molar-refractivity contribution in [2.45, 2.75) is 26.4 Å². The second kappa shape index (κ2) is 7.16. The van der Waals surface area contributed by atoms with Crippen LogP contribution in [0.15, 0.2) is 42.7 Å². The zero-order valence-corrected chi connectivity index (χ0v) is 15.6. The molecule has 0 bridgehead atoms. The van der Waals surface area contributed by atoms with Crippen molar-refractivity contribution in [1.82, 2.24) is 19.7 Å². The third-order valence-corrected chi connectivity index (χ3v) is 5.08. The number of fused-ring (bicyclic) bond motifs is 1. The lowest BCUT2D eigenvalue weighted by Gasteiger charge is -2.29. The van der Waals surface area contributed by atoms with Crippen LogP contribution in [0.1, 0.15) is 29.3 Å². The molecule has 1 amide bonds. The second-order valence-corrected chi connectivity index (χ2v) is 6.88. The fourth-order valence-electron chi connectivity index (χ4n) is 3.64. The molecule has 1 aliphatic heterocycles. The van der Waals surface area contributed by atoms with Crippen LogP contribution in [0.3, 0.4) is 0 Å². The normalized spacial score (nSPS) is 13.1. The molecular weight excluding hydrogens is 352 g/mol. The Morgan fingerprint density at radius 3 is 2.75 bits per heavy atom. The zero-order valence-electron chi connectivity index (χ0n) is 15.6. The Balaban J connectivity index is 1.77. The van der Waals surface area contributed by atoms with Gasteiger partial charge < -0.3 is 10.6 Å². The highest BCUT2D eigenvalue weighted by Gasteiger charge is 2.26. The number of nitrogen functional groups attached to an aromatic ring is 1. The van der Waals surface area contributed by atoms with Gasteiger partial charge >= 0.3 is 0 Å². The summed E-state index contributed by atoms with van der Waals surface area (Å²) in [5, 5.41) is 13.9. The topological polar surface area (TPSA) is 101 Å². The quantitative estimate of drug-likeness (QED) is 0.760. The molecule has 0 saturated heterocycles. The fraction of sp³-hybridized carbons (Fsp3) is 0.238. The van der Waals surface area contributed by atoms with E-state index >= 15 is 0 Å². The smallest absolute Gasteiger partial charge is 0.219 e. The van der Waals surface area contributed by atoms with Crippen LogP contribution < -0.4 is 5.73 Å². The van der Waals surface area contributed by atoms with E-state index < -0.39 is 0 Å². The van der Waals surface area contributed by atoms with Gasteiger partial charge in [-0.25, -0.2) is 4.98 Å². The maximum atomic E-state index is 11.9. The third-order valence-electron chi connectivity index (χ3n) is 5.08. The molecular formula is C21H20N6O. The van der Waals surface area contributed by atoms with Crippen LogP contribution in [0.5, 0.6) is 0 Å². The van der Waals surface area contributed by atoms with E-state index in [9.17, 15) is 10.1 Å². The molecule has 0 spiro atoms. The number of amides is 1. The molecule has 140 valence electrons. The molecule has 28 heavy (non-hydrogen) atoms. The second-order valence-electron chi connectivity index (χ2n) is 6.88. The first kappa shape index (κ1) is 17.7. The Hall–Kier alpha value is -3.66. The Bertz CT molecular complexity index is 1060. The average molecular weight is 372 g/mol. The number of nitrogens with zero attached hydrogens (tertiary/aromatic N) is 5. The molecule has 7 nitrogen and oxygen atoms in total. The number of hydrogen-bond acceptors (Lipinski definition) is 5. The molecule has 0 saturated carbocycles. The van der Waals surface area contributed by atoms with Crippen molar-refractivity contribution in [3.8, 4) is 17.2 Å². The Labute approximate surface area is 163 Å². The van der Waals surface area contributed by atoms with Gasteiger partial charge in [0.2, 0.25) is 5.91 Å². The van der Waals surface area contributed by atoms with Gasteiger partial charge in [0.1, 0.15) is 17.5 Å². The maximum absolute atomic E-state index is 11.9. The van der Waals surface area contributed by atoms with Crippen LogP contribution in [0, 0.1) is 11.3 Å². The summed E-state index contributed by atoms with van der Waals surface area (Å²) in [5.74, 6) is 0.259. The lowest BCUT2D eigenvalue weighted by molar-refractivity contribution is -0.129. The van der Waals surface area contributed by atoms with Crippen molar-refractivity contribution < 1.29 is 4.79 Å². The molecule has 2 aromatic heterocycles. The summed E-state index contributed by atoms with van der Waals surface area (Å²) in [6, 6.07) is 12.1. The van der Waals surface area contributed by atoms with E-state index in [0.717, 1.165) is 27.9 Å². The van der Waals surface area contributed by atoms with E-state index in [1.165, 1.54) is 0 Å². The Kier molecular flexibility index (Phi) is 4.53. The number of carbonyl (C=O) groups excluding carboxylic acids is 1. The van der Waals surface area contributed by atoms with E-state index in [2.05, 4.69) is 16.2 Å². The molecule has 1 aromatic carbocycles. The minimum atomic E-state index is 0.0153. The van der Waals surface area contributed by atoms with E-state index in [1.807, 2.05) is 41.2 Å². The van der Waals surface area contributed by atoms with Crippen molar-refractivity contribution in [2.24, 2.45) is 0 Å². The molecule has 0 atom stereocenters. The number of aromatic nitrogens is 3. The number of hydrogen-bond donors (Lipinski definition) is 1. The van der Waals surface area contributed by atoms with Crippen molar-refractivity contribution in [1.29, 1.82) is 5.26 Å². The Morgan fingerprint density at radius 2 is 2.11 bits per heavy atom. The van der Waals surface area contributed by atoms with Gasteiger partial charge in [-0.1, -0.05) is 24.3 Å². The number of carbonyl (C=O) groups is 1. The average Bonchev–Trinajstić information content (AvgIpc) is 3.20. The first-order chi connectivity index (χ1) is 13.6. The highest BCUT2D eigenvalue weighted by Crippen LogP contribution is 2.35. The minimum absolute atomic E-state index is 0.0153. The molecule has 0 radical (unpaired) electrons. The SMILES string of the molecule is CC(=O)N1CCc2nc(N)c(C#N)c(-c3ccc(Cn4cccn4)cc3)c2C1. The fourth-order valence-corrected chi connectivity index (χ4v) is 3.64. The van der Waals surface area contributed by atoms with Gasteiger partial charge in [0, 0.05) is 50.0 Å². The molecule has 2 N–H and O–H groups in total. The van der Waals surface area contributed by atoms with Gasteiger partial charge in [0.05, 0.1) is 12.2 Å². The van der Waals surface area contributed by atoms with Crippen LogP contribution >= 0.6 is 0 Å². The van der Waals surface area contributed by atoms with E-state index in [1.54, 1.807) is 18.0 Å². The number of rotatable bonds is 3. The molecule has 4 rings (SSSR count). The monoisotopic (exact) mass is 372 g/mol. The van der Waals surface area contributed by atoms with E-state index in [4.69, 9.17) is 5.73 Å². The summed E-state index contributed by atoms with van der Waals surface area (Å²) in [4.78, 5) is 18.1. The first-order valence-electron chi connectivity index (χ1n) is 9.10. The van der Waals surface area contributed by atoms with Crippen molar-refractivity contribution in [2.75, 3.05) is 12.3 Å². The minimum Gasteiger partial charge on any atom is -0.383 e. The number of nitrogens with two attached hydrogens (primary N) is 1. The standard InChI is InChI=1S/C21H20N6O/c1-14(28)26-10-7-19-18(13-26)20(17(11-22)21(23)25-19)16-5-3-15(4-6-16)12-27-9-2-8-24-27/h2-6,8-9H,7,10,12-13H2,1H3,(H2,23,25). The number of anilines is 1. The molecule has 3 aromatic rings. The van der Waals surface area contributed by atoms with Gasteiger partial charge in [0.15, 0.2) is 0 Å². The van der Waals surface area contributed by atoms with Crippen molar-refractivity contribution >= 4 is 11.7 Å². The van der Waals surface area contributed by atoms with Crippen molar-refractivity contribution in [3.63, 3.8) is 0 Å². The van der Waals surface area contributed by atoms with Crippen LogP contribution in [0.25, 0.3) is 11.1 Å².